The minimum Gasteiger partial charge on any atom is -0.419 e. The minimum absolute atomic E-state index is 0.0509. The number of amides is 1. The van der Waals surface area contributed by atoms with Gasteiger partial charge in [-0.3, -0.25) is 4.79 Å². The van der Waals surface area contributed by atoms with Gasteiger partial charge in [0.2, 0.25) is 11.8 Å². The molecule has 0 spiro atoms. The molecule has 0 bridgehead atoms. The van der Waals surface area contributed by atoms with Crippen LogP contribution in [0.3, 0.4) is 0 Å². The largest absolute Gasteiger partial charge is 0.419 e. The maximum Gasteiger partial charge on any atom is 0.258 e. The number of hydrogen-bond donors (Lipinski definition) is 1. The Kier molecular flexibility index (Phi) is 3.33. The Labute approximate surface area is 115 Å². The van der Waals surface area contributed by atoms with Crippen molar-refractivity contribution >= 4 is 17.2 Å². The predicted molar refractivity (Wildman–Crippen MR) is 71.8 cm³/mol. The van der Waals surface area contributed by atoms with Crippen molar-refractivity contribution in [2.75, 3.05) is 6.54 Å². The lowest BCUT2D eigenvalue weighted by atomic mass is 10.3. The zero-order chi connectivity index (χ0) is 13.2. The molecule has 0 aromatic carbocycles. The topological polar surface area (TPSA) is 68.0 Å². The molecule has 2 aromatic rings. The van der Waals surface area contributed by atoms with E-state index in [1.54, 1.807) is 11.3 Å². The molecule has 0 saturated heterocycles. The van der Waals surface area contributed by atoms with E-state index in [0.717, 1.165) is 17.0 Å². The van der Waals surface area contributed by atoms with Crippen LogP contribution in [0.5, 0.6) is 0 Å². The summed E-state index contributed by atoms with van der Waals surface area (Å²) < 4.78 is 5.53. The Hall–Kier alpha value is -1.69. The van der Waals surface area contributed by atoms with Crippen LogP contribution in [0.4, 0.5) is 0 Å². The first-order valence-electron chi connectivity index (χ1n) is 6.36. The van der Waals surface area contributed by atoms with Crippen LogP contribution in [-0.4, -0.2) is 22.6 Å². The molecule has 3 rings (SSSR count). The van der Waals surface area contributed by atoms with Gasteiger partial charge in [-0.25, -0.2) is 0 Å². The highest BCUT2D eigenvalue weighted by Crippen LogP contribution is 2.28. The Bertz CT molecular complexity index is 586. The maximum absolute atomic E-state index is 11.7. The average molecular weight is 277 g/mol. The van der Waals surface area contributed by atoms with E-state index in [0.29, 0.717) is 17.7 Å². The van der Waals surface area contributed by atoms with Gasteiger partial charge in [0, 0.05) is 6.54 Å². The molecule has 19 heavy (non-hydrogen) atoms. The summed E-state index contributed by atoms with van der Waals surface area (Å²) in [6.07, 6.45) is 2.61. The molecule has 1 aliphatic rings. The lowest BCUT2D eigenvalue weighted by Crippen LogP contribution is -2.27. The third-order valence-corrected chi connectivity index (χ3v) is 4.12. The molecule has 0 atom stereocenters. The summed E-state index contributed by atoms with van der Waals surface area (Å²) in [5.74, 6) is 1.49. The zero-order valence-electron chi connectivity index (χ0n) is 10.7. The molecule has 100 valence electrons. The van der Waals surface area contributed by atoms with Gasteiger partial charge in [-0.2, -0.15) is 0 Å². The standard InChI is InChI=1S/C13H15N3O2S/c1-8-4-5-19-12(8)13-16-15-11(18-13)6-10(17)14-7-9-2-3-9/h4-5,9H,2-3,6-7H2,1H3,(H,14,17). The van der Waals surface area contributed by atoms with Crippen LogP contribution >= 0.6 is 11.3 Å². The molecule has 2 heterocycles. The van der Waals surface area contributed by atoms with Crippen LogP contribution in [0.2, 0.25) is 0 Å². The fraction of sp³-hybridized carbons (Fsp3) is 0.462. The van der Waals surface area contributed by atoms with Crippen molar-refractivity contribution in [2.24, 2.45) is 5.92 Å². The Morgan fingerprint density at radius 3 is 3.05 bits per heavy atom. The monoisotopic (exact) mass is 277 g/mol. The average Bonchev–Trinajstić information content (AvgIpc) is 2.95. The first-order valence-corrected chi connectivity index (χ1v) is 7.24. The Morgan fingerprint density at radius 1 is 1.53 bits per heavy atom. The molecule has 6 heteroatoms. The highest BCUT2D eigenvalue weighted by atomic mass is 32.1. The number of hydrogen-bond acceptors (Lipinski definition) is 5. The molecular formula is C13H15N3O2S. The SMILES string of the molecule is Cc1ccsc1-c1nnc(CC(=O)NCC2CC2)o1. The molecule has 1 aliphatic carbocycles. The van der Waals surface area contributed by atoms with Gasteiger partial charge in [0.15, 0.2) is 0 Å². The van der Waals surface area contributed by atoms with Crippen molar-refractivity contribution < 1.29 is 9.21 Å². The second kappa shape index (κ2) is 5.13. The van der Waals surface area contributed by atoms with E-state index in [-0.39, 0.29) is 12.3 Å². The van der Waals surface area contributed by atoms with Crippen molar-refractivity contribution in [3.63, 3.8) is 0 Å². The molecule has 5 nitrogen and oxygen atoms in total. The molecule has 2 aromatic heterocycles. The molecular weight excluding hydrogens is 262 g/mol. The summed E-state index contributed by atoms with van der Waals surface area (Å²) in [7, 11) is 0. The third-order valence-electron chi connectivity index (χ3n) is 3.12. The van der Waals surface area contributed by atoms with E-state index in [1.807, 2.05) is 18.4 Å². The lowest BCUT2D eigenvalue weighted by molar-refractivity contribution is -0.120. The van der Waals surface area contributed by atoms with Crippen LogP contribution in [0.1, 0.15) is 24.3 Å². The number of aromatic nitrogens is 2. The summed E-state index contributed by atoms with van der Waals surface area (Å²) in [5.41, 5.74) is 1.11. The number of thiophene rings is 1. The van der Waals surface area contributed by atoms with Crippen molar-refractivity contribution in [1.29, 1.82) is 0 Å². The fourth-order valence-corrected chi connectivity index (χ4v) is 2.63. The molecule has 1 fully saturated rings. The fourth-order valence-electron chi connectivity index (χ4n) is 1.79. The highest BCUT2D eigenvalue weighted by Gasteiger charge is 2.22. The second-order valence-electron chi connectivity index (χ2n) is 4.86. The van der Waals surface area contributed by atoms with Gasteiger partial charge in [0.1, 0.15) is 6.42 Å². The van der Waals surface area contributed by atoms with Gasteiger partial charge >= 0.3 is 0 Å². The lowest BCUT2D eigenvalue weighted by Gasteiger charge is -2.00. The van der Waals surface area contributed by atoms with E-state index in [4.69, 9.17) is 4.42 Å². The van der Waals surface area contributed by atoms with Crippen LogP contribution < -0.4 is 5.32 Å². The number of carbonyl (C=O) groups is 1. The van der Waals surface area contributed by atoms with E-state index >= 15 is 0 Å². The van der Waals surface area contributed by atoms with E-state index < -0.39 is 0 Å². The van der Waals surface area contributed by atoms with Gasteiger partial charge in [0.05, 0.1) is 4.88 Å². The summed E-state index contributed by atoms with van der Waals surface area (Å²) in [5, 5.41) is 12.8. The van der Waals surface area contributed by atoms with Gasteiger partial charge in [-0.15, -0.1) is 21.5 Å². The smallest absolute Gasteiger partial charge is 0.258 e. The summed E-state index contributed by atoms with van der Waals surface area (Å²) in [6, 6.07) is 2.01. The Balaban J connectivity index is 1.61. The highest BCUT2D eigenvalue weighted by molar-refractivity contribution is 7.13. The second-order valence-corrected chi connectivity index (χ2v) is 5.77. The Morgan fingerprint density at radius 2 is 2.37 bits per heavy atom. The van der Waals surface area contributed by atoms with Crippen LogP contribution in [-0.2, 0) is 11.2 Å². The normalized spacial score (nSPS) is 14.6. The number of nitrogens with one attached hydrogen (secondary N) is 1. The summed E-state index contributed by atoms with van der Waals surface area (Å²) in [6.45, 7) is 2.77. The van der Waals surface area contributed by atoms with Crippen molar-refractivity contribution in [1.82, 2.24) is 15.5 Å². The van der Waals surface area contributed by atoms with E-state index in [1.165, 1.54) is 12.8 Å². The third kappa shape index (κ3) is 3.01. The zero-order valence-corrected chi connectivity index (χ0v) is 11.5. The molecule has 1 amide bonds. The first kappa shape index (κ1) is 12.3. The molecule has 0 aliphatic heterocycles. The van der Waals surface area contributed by atoms with Crippen LogP contribution in [0.15, 0.2) is 15.9 Å². The quantitative estimate of drug-likeness (QED) is 0.909. The van der Waals surface area contributed by atoms with E-state index in [9.17, 15) is 4.79 Å². The molecule has 1 saturated carbocycles. The van der Waals surface area contributed by atoms with Crippen LogP contribution in [0, 0.1) is 12.8 Å². The summed E-state index contributed by atoms with van der Waals surface area (Å²) >= 11 is 1.56. The first-order chi connectivity index (χ1) is 9.22. The van der Waals surface area contributed by atoms with Crippen molar-refractivity contribution in [3.8, 4) is 10.8 Å². The molecule has 1 N–H and O–H groups in total. The number of aryl methyl sites for hydroxylation is 1. The number of carbonyl (C=O) groups excluding carboxylic acids is 1. The summed E-state index contributed by atoms with van der Waals surface area (Å²) in [4.78, 5) is 12.6. The van der Waals surface area contributed by atoms with Gasteiger partial charge in [-0.1, -0.05) is 0 Å². The number of nitrogens with zero attached hydrogens (tertiary/aromatic N) is 2. The van der Waals surface area contributed by atoms with Crippen molar-refractivity contribution in [2.45, 2.75) is 26.2 Å². The molecule has 0 unspecified atom stereocenters. The van der Waals surface area contributed by atoms with E-state index in [2.05, 4.69) is 15.5 Å². The maximum atomic E-state index is 11.7. The van der Waals surface area contributed by atoms with Gasteiger partial charge in [-0.05, 0) is 42.7 Å². The van der Waals surface area contributed by atoms with Crippen LogP contribution in [0.25, 0.3) is 10.8 Å². The number of rotatable bonds is 5. The molecule has 0 radical (unpaired) electrons. The van der Waals surface area contributed by atoms with Gasteiger partial charge < -0.3 is 9.73 Å². The van der Waals surface area contributed by atoms with Gasteiger partial charge in [0.25, 0.3) is 5.89 Å². The van der Waals surface area contributed by atoms with Crippen molar-refractivity contribution in [3.05, 3.63) is 22.9 Å². The minimum atomic E-state index is -0.0509. The predicted octanol–water partition coefficient (Wildman–Crippen LogP) is 2.18.